The van der Waals surface area contributed by atoms with Crippen molar-refractivity contribution in [2.75, 3.05) is 12.0 Å². The molecule has 1 saturated heterocycles. The van der Waals surface area contributed by atoms with Crippen molar-refractivity contribution in [1.29, 1.82) is 0 Å². The number of hydrogen-bond donors (Lipinski definition) is 1. The molecule has 34 heavy (non-hydrogen) atoms. The Labute approximate surface area is 202 Å². The molecule has 3 heterocycles. The minimum absolute atomic E-state index is 0.137. The first kappa shape index (κ1) is 23.3. The lowest BCUT2D eigenvalue weighted by atomic mass is 9.99. The third-order valence-electron chi connectivity index (χ3n) is 5.59. The van der Waals surface area contributed by atoms with Gasteiger partial charge in [0.1, 0.15) is 6.04 Å². The summed E-state index contributed by atoms with van der Waals surface area (Å²) in [7, 11) is 3.19. The summed E-state index contributed by atoms with van der Waals surface area (Å²) in [6.45, 7) is 3.38. The van der Waals surface area contributed by atoms with Crippen LogP contribution in [0.4, 0.5) is 11.4 Å². The lowest BCUT2D eigenvalue weighted by Crippen LogP contribution is -2.31. The molecule has 1 atom stereocenters. The Morgan fingerprint density at radius 2 is 1.88 bits per heavy atom. The van der Waals surface area contributed by atoms with E-state index < -0.39 is 6.04 Å². The van der Waals surface area contributed by atoms with Crippen LogP contribution in [0.25, 0.3) is 0 Å². The smallest absolute Gasteiger partial charge is 0.262 e. The van der Waals surface area contributed by atoms with E-state index in [1.54, 1.807) is 68.5 Å². The molecule has 1 aliphatic heterocycles. The summed E-state index contributed by atoms with van der Waals surface area (Å²) in [4.78, 5) is 36.7. The average molecular weight is 478 g/mol. The molecule has 2 N–H and O–H groups in total. The van der Waals surface area contributed by atoms with Gasteiger partial charge in [0.2, 0.25) is 5.88 Å². The van der Waals surface area contributed by atoms with Gasteiger partial charge in [0, 0.05) is 35.6 Å². The van der Waals surface area contributed by atoms with Gasteiger partial charge >= 0.3 is 0 Å². The molecule has 2 aromatic heterocycles. The number of nitrogens with zero attached hydrogens (tertiary/aromatic N) is 4. The zero-order valence-electron chi connectivity index (χ0n) is 19.2. The predicted molar refractivity (Wildman–Crippen MR) is 133 cm³/mol. The van der Waals surface area contributed by atoms with Crippen molar-refractivity contribution in [3.05, 3.63) is 92.6 Å². The molecular weight excluding hydrogens is 454 g/mol. The van der Waals surface area contributed by atoms with Gasteiger partial charge in [-0.15, -0.1) is 0 Å². The van der Waals surface area contributed by atoms with Gasteiger partial charge in [0.05, 0.1) is 36.0 Å². The second-order valence-corrected chi connectivity index (χ2v) is 8.48. The van der Waals surface area contributed by atoms with E-state index in [2.05, 4.69) is 4.98 Å². The number of hydrogen-bond acceptors (Lipinski definition) is 6. The van der Waals surface area contributed by atoms with Crippen molar-refractivity contribution >= 4 is 34.6 Å². The first-order valence-corrected chi connectivity index (χ1v) is 10.9. The summed E-state index contributed by atoms with van der Waals surface area (Å²) < 4.78 is 6.59. The molecule has 0 spiro atoms. The highest BCUT2D eigenvalue weighted by molar-refractivity contribution is 6.36. The predicted octanol–water partition coefficient (Wildman–Crippen LogP) is 3.84. The fourth-order valence-corrected chi connectivity index (χ4v) is 4.12. The molecule has 1 aromatic carbocycles. The number of carbonyl (C=O) groups excluding carboxylic acids is 1. The van der Waals surface area contributed by atoms with Gasteiger partial charge in [0.15, 0.2) is 0 Å². The minimum Gasteiger partial charge on any atom is -0.481 e. The molecule has 4 rings (SSSR count). The summed E-state index contributed by atoms with van der Waals surface area (Å²) in [6, 6.07) is 11.8. The van der Waals surface area contributed by atoms with E-state index in [0.29, 0.717) is 44.8 Å². The van der Waals surface area contributed by atoms with Crippen LogP contribution >= 0.6 is 11.6 Å². The maximum absolute atomic E-state index is 13.8. The quantitative estimate of drug-likeness (QED) is 0.575. The van der Waals surface area contributed by atoms with Crippen molar-refractivity contribution in [2.45, 2.75) is 19.9 Å². The number of aryl methyl sites for hydroxylation is 2. The Balaban J connectivity index is 1.98. The number of carbonyl (C=O) groups is 1. The van der Waals surface area contributed by atoms with Gasteiger partial charge in [-0.2, -0.15) is 0 Å². The number of aliphatic imine (C=N–C) groups is 1. The SMILES string of the molecule is COc1ccc(N=C2C(=C(C)N)C(=O)N(c3cc(C)c(=O)n(C)c3)C2c2ccc(Cl)cc2)cn1. The summed E-state index contributed by atoms with van der Waals surface area (Å²) in [5.41, 5.74) is 9.60. The zero-order valence-corrected chi connectivity index (χ0v) is 20.0. The third kappa shape index (κ3) is 4.20. The second kappa shape index (κ2) is 9.15. The van der Waals surface area contributed by atoms with Crippen LogP contribution in [0.3, 0.4) is 0 Å². The Kier molecular flexibility index (Phi) is 6.26. The number of halogens is 1. The Hall–Kier alpha value is -3.91. The van der Waals surface area contributed by atoms with Crippen LogP contribution in [-0.2, 0) is 11.8 Å². The lowest BCUT2D eigenvalue weighted by Gasteiger charge is -2.25. The zero-order chi connectivity index (χ0) is 24.6. The molecule has 9 heteroatoms. The van der Waals surface area contributed by atoms with E-state index >= 15 is 0 Å². The van der Waals surface area contributed by atoms with Crippen LogP contribution in [-0.4, -0.2) is 28.3 Å². The highest BCUT2D eigenvalue weighted by Gasteiger charge is 2.44. The van der Waals surface area contributed by atoms with Gasteiger partial charge < -0.3 is 15.0 Å². The summed E-state index contributed by atoms with van der Waals surface area (Å²) in [5, 5.41) is 0.571. The molecule has 1 fully saturated rings. The molecule has 1 aliphatic rings. The first-order valence-electron chi connectivity index (χ1n) is 10.5. The van der Waals surface area contributed by atoms with Crippen molar-refractivity contribution in [3.63, 3.8) is 0 Å². The molecule has 1 unspecified atom stereocenters. The van der Waals surface area contributed by atoms with Crippen LogP contribution in [0.15, 0.2) is 75.9 Å². The third-order valence-corrected chi connectivity index (χ3v) is 5.84. The van der Waals surface area contributed by atoms with E-state index in [-0.39, 0.29) is 11.5 Å². The monoisotopic (exact) mass is 477 g/mol. The number of allylic oxidation sites excluding steroid dienone is 1. The maximum Gasteiger partial charge on any atom is 0.262 e. The lowest BCUT2D eigenvalue weighted by molar-refractivity contribution is -0.114. The summed E-state index contributed by atoms with van der Waals surface area (Å²) >= 11 is 6.13. The Morgan fingerprint density at radius 3 is 2.44 bits per heavy atom. The van der Waals surface area contributed by atoms with Gasteiger partial charge in [-0.25, -0.2) is 9.98 Å². The second-order valence-electron chi connectivity index (χ2n) is 8.04. The number of amides is 1. The van der Waals surface area contributed by atoms with Gasteiger partial charge in [-0.3, -0.25) is 14.5 Å². The topological polar surface area (TPSA) is 103 Å². The number of aromatic nitrogens is 2. The van der Waals surface area contributed by atoms with Crippen LogP contribution in [0.1, 0.15) is 24.1 Å². The van der Waals surface area contributed by atoms with E-state index in [1.165, 1.54) is 11.7 Å². The maximum atomic E-state index is 13.8. The van der Waals surface area contributed by atoms with Crippen LogP contribution < -0.4 is 20.9 Å². The minimum atomic E-state index is -0.600. The first-order chi connectivity index (χ1) is 16.2. The van der Waals surface area contributed by atoms with Gasteiger partial charge in [-0.1, -0.05) is 23.7 Å². The number of rotatable bonds is 4. The van der Waals surface area contributed by atoms with Crippen molar-refractivity contribution in [2.24, 2.45) is 17.8 Å². The van der Waals surface area contributed by atoms with E-state index in [1.807, 2.05) is 12.1 Å². The molecule has 0 radical (unpaired) electrons. The van der Waals surface area contributed by atoms with E-state index in [0.717, 1.165) is 5.56 Å². The van der Waals surface area contributed by atoms with Crippen LogP contribution in [0, 0.1) is 6.92 Å². The fraction of sp³-hybridized carbons (Fsp3) is 0.200. The standard InChI is InChI=1S/C25H24ClN5O3/c1-14-11-19(13-30(3)24(14)32)31-23(16-5-7-17(26)8-6-16)22(21(15(2)27)25(31)33)29-18-9-10-20(34-4)28-12-18/h5-13,23H,27H2,1-4H3. The fourth-order valence-electron chi connectivity index (χ4n) is 4.00. The highest BCUT2D eigenvalue weighted by Crippen LogP contribution is 2.40. The van der Waals surface area contributed by atoms with Crippen molar-refractivity contribution < 1.29 is 9.53 Å². The summed E-state index contributed by atoms with van der Waals surface area (Å²) in [5.74, 6) is 0.145. The van der Waals surface area contributed by atoms with Crippen molar-refractivity contribution in [1.82, 2.24) is 9.55 Å². The number of pyridine rings is 2. The normalized spacial score (nSPS) is 18.5. The number of nitrogens with two attached hydrogens (primary N) is 1. The number of methoxy groups -OCH3 is 1. The van der Waals surface area contributed by atoms with Gasteiger partial charge in [0.25, 0.3) is 11.5 Å². The number of ether oxygens (including phenoxy) is 1. The molecule has 0 bridgehead atoms. The highest BCUT2D eigenvalue weighted by atomic mass is 35.5. The molecular formula is C25H24ClN5O3. The molecule has 0 aliphatic carbocycles. The molecule has 8 nitrogen and oxygen atoms in total. The van der Waals surface area contributed by atoms with Crippen LogP contribution in [0.5, 0.6) is 5.88 Å². The largest absolute Gasteiger partial charge is 0.481 e. The molecule has 1 amide bonds. The van der Waals surface area contributed by atoms with Crippen molar-refractivity contribution in [3.8, 4) is 5.88 Å². The Morgan fingerprint density at radius 1 is 1.18 bits per heavy atom. The van der Waals surface area contributed by atoms with E-state index in [4.69, 9.17) is 27.1 Å². The number of benzene rings is 1. The van der Waals surface area contributed by atoms with Crippen LogP contribution in [0.2, 0.25) is 5.02 Å². The Bertz CT molecular complexity index is 1340. The van der Waals surface area contributed by atoms with Gasteiger partial charge in [-0.05, 0) is 43.7 Å². The number of anilines is 1. The molecule has 0 saturated carbocycles. The molecule has 174 valence electrons. The molecule has 3 aromatic rings. The van der Waals surface area contributed by atoms with E-state index in [9.17, 15) is 9.59 Å². The average Bonchev–Trinajstić information content (AvgIpc) is 3.10. The summed E-state index contributed by atoms with van der Waals surface area (Å²) in [6.07, 6.45) is 3.20.